The fourth-order valence-corrected chi connectivity index (χ4v) is 1.98. The largest absolute Gasteiger partial charge is 0.450 e. The summed E-state index contributed by atoms with van der Waals surface area (Å²) in [6.07, 6.45) is 3.01. The molecule has 0 aliphatic rings. The maximum absolute atomic E-state index is 11.8. The lowest BCUT2D eigenvalue weighted by molar-refractivity contribution is 0.0926. The Labute approximate surface area is 108 Å². The Morgan fingerprint density at radius 2 is 2.26 bits per heavy atom. The van der Waals surface area contributed by atoms with Crippen LogP contribution < -0.4 is 11.3 Å². The zero-order valence-electron chi connectivity index (χ0n) is 9.91. The van der Waals surface area contributed by atoms with Gasteiger partial charge in [0.15, 0.2) is 5.76 Å². The van der Waals surface area contributed by atoms with Gasteiger partial charge in [-0.3, -0.25) is 10.2 Å². The average molecular weight is 257 g/mol. The summed E-state index contributed by atoms with van der Waals surface area (Å²) in [5.41, 5.74) is 3.45. The van der Waals surface area contributed by atoms with E-state index in [1.807, 2.05) is 18.2 Å². The molecule has 2 aromatic heterocycles. The van der Waals surface area contributed by atoms with E-state index in [0.717, 1.165) is 10.9 Å². The third-order valence-electron chi connectivity index (χ3n) is 2.82. The van der Waals surface area contributed by atoms with E-state index < -0.39 is 5.91 Å². The number of benzene rings is 1. The number of aromatic nitrogens is 3. The molecule has 0 radical (unpaired) electrons. The van der Waals surface area contributed by atoms with Crippen molar-refractivity contribution >= 4 is 16.9 Å². The number of nitrogens with two attached hydrogens (primary N) is 1. The van der Waals surface area contributed by atoms with E-state index in [2.05, 4.69) is 15.5 Å². The van der Waals surface area contributed by atoms with E-state index in [-0.39, 0.29) is 5.76 Å². The first-order valence-corrected chi connectivity index (χ1v) is 5.63. The van der Waals surface area contributed by atoms with Crippen LogP contribution in [0, 0.1) is 0 Å². The van der Waals surface area contributed by atoms with Crippen LogP contribution in [0.4, 0.5) is 0 Å². The number of hydrogen-bond donors (Lipinski definition) is 2. The van der Waals surface area contributed by atoms with Crippen LogP contribution in [0.5, 0.6) is 0 Å². The van der Waals surface area contributed by atoms with E-state index in [1.54, 1.807) is 17.1 Å². The van der Waals surface area contributed by atoms with Crippen LogP contribution in [0.25, 0.3) is 11.0 Å². The molecule has 0 aliphatic heterocycles. The van der Waals surface area contributed by atoms with Gasteiger partial charge in [-0.1, -0.05) is 18.2 Å². The van der Waals surface area contributed by atoms with E-state index in [9.17, 15) is 4.79 Å². The molecule has 0 fully saturated rings. The molecule has 0 atom stereocenters. The number of amides is 1. The molecule has 1 amide bonds. The number of furan rings is 1. The van der Waals surface area contributed by atoms with E-state index in [1.165, 1.54) is 6.33 Å². The lowest BCUT2D eigenvalue weighted by Crippen LogP contribution is -2.30. The Bertz CT molecular complexity index is 717. The van der Waals surface area contributed by atoms with Gasteiger partial charge in [0.25, 0.3) is 0 Å². The number of para-hydroxylation sites is 1. The molecular weight excluding hydrogens is 246 g/mol. The number of hydrogen-bond acceptors (Lipinski definition) is 5. The van der Waals surface area contributed by atoms with Crippen LogP contribution in [0.15, 0.2) is 41.3 Å². The van der Waals surface area contributed by atoms with Crippen molar-refractivity contribution in [3.8, 4) is 0 Å². The minimum atomic E-state index is -0.466. The number of nitrogens with zero attached hydrogens (tertiary/aromatic N) is 3. The van der Waals surface area contributed by atoms with Gasteiger partial charge < -0.3 is 4.42 Å². The third kappa shape index (κ3) is 1.95. The monoisotopic (exact) mass is 257 g/mol. The molecule has 3 N–H and O–H groups in total. The quantitative estimate of drug-likeness (QED) is 0.408. The van der Waals surface area contributed by atoms with Crippen LogP contribution in [0.2, 0.25) is 0 Å². The third-order valence-corrected chi connectivity index (χ3v) is 2.82. The van der Waals surface area contributed by atoms with Gasteiger partial charge in [-0.2, -0.15) is 5.10 Å². The van der Waals surface area contributed by atoms with Crippen molar-refractivity contribution in [3.05, 3.63) is 48.2 Å². The topological polar surface area (TPSA) is 99.0 Å². The summed E-state index contributed by atoms with van der Waals surface area (Å²) in [5, 5.41) is 4.88. The number of hydrazine groups is 1. The van der Waals surface area contributed by atoms with Crippen molar-refractivity contribution in [1.29, 1.82) is 0 Å². The summed E-state index contributed by atoms with van der Waals surface area (Å²) >= 11 is 0. The van der Waals surface area contributed by atoms with Gasteiger partial charge in [0, 0.05) is 10.9 Å². The standard InChI is InChI=1S/C12H11N5O2/c13-16-12(18)11-9(5-17-7-14-6-15-17)8-3-1-2-4-10(8)19-11/h1-4,6-7H,5,13H2,(H,16,18). The number of fused-ring (bicyclic) bond motifs is 1. The second-order valence-corrected chi connectivity index (χ2v) is 3.97. The molecule has 3 rings (SSSR count). The van der Waals surface area contributed by atoms with Crippen LogP contribution in [-0.4, -0.2) is 20.7 Å². The van der Waals surface area contributed by atoms with Crippen LogP contribution >= 0.6 is 0 Å². The Hall–Kier alpha value is -2.67. The van der Waals surface area contributed by atoms with Crippen molar-refractivity contribution < 1.29 is 9.21 Å². The fraction of sp³-hybridized carbons (Fsp3) is 0.0833. The van der Waals surface area contributed by atoms with Gasteiger partial charge in [-0.25, -0.2) is 15.5 Å². The zero-order valence-corrected chi connectivity index (χ0v) is 9.91. The predicted molar refractivity (Wildman–Crippen MR) is 67.0 cm³/mol. The minimum absolute atomic E-state index is 0.194. The number of carbonyl (C=O) groups excluding carboxylic acids is 1. The van der Waals surface area contributed by atoms with Gasteiger partial charge >= 0.3 is 5.91 Å². The van der Waals surface area contributed by atoms with Crippen molar-refractivity contribution in [2.24, 2.45) is 5.84 Å². The predicted octanol–water partition coefficient (Wildman–Crippen LogP) is 0.676. The van der Waals surface area contributed by atoms with Crippen molar-refractivity contribution in [3.63, 3.8) is 0 Å². The lowest BCUT2D eigenvalue weighted by Gasteiger charge is -2.02. The molecule has 0 spiro atoms. The molecule has 3 aromatic rings. The second-order valence-electron chi connectivity index (χ2n) is 3.97. The maximum Gasteiger partial charge on any atom is 0.301 e. The van der Waals surface area contributed by atoms with E-state index in [4.69, 9.17) is 10.3 Å². The lowest BCUT2D eigenvalue weighted by atomic mass is 10.1. The molecule has 1 aromatic carbocycles. The summed E-state index contributed by atoms with van der Waals surface area (Å²) in [6.45, 7) is 0.389. The molecule has 96 valence electrons. The number of rotatable bonds is 3. The zero-order chi connectivity index (χ0) is 13.2. The highest BCUT2D eigenvalue weighted by atomic mass is 16.3. The van der Waals surface area contributed by atoms with Gasteiger partial charge in [0.1, 0.15) is 18.2 Å². The van der Waals surface area contributed by atoms with Crippen molar-refractivity contribution in [2.75, 3.05) is 0 Å². The van der Waals surface area contributed by atoms with Crippen LogP contribution in [-0.2, 0) is 6.54 Å². The van der Waals surface area contributed by atoms with Crippen LogP contribution in [0.1, 0.15) is 16.1 Å². The summed E-state index contributed by atoms with van der Waals surface area (Å²) in [4.78, 5) is 15.6. The smallest absolute Gasteiger partial charge is 0.301 e. The van der Waals surface area contributed by atoms with E-state index in [0.29, 0.717) is 12.1 Å². The molecule has 0 saturated carbocycles. The number of carbonyl (C=O) groups is 1. The van der Waals surface area contributed by atoms with Gasteiger partial charge in [0.2, 0.25) is 0 Å². The van der Waals surface area contributed by atoms with Gasteiger partial charge in [-0.15, -0.1) is 0 Å². The molecule has 0 bridgehead atoms. The Morgan fingerprint density at radius 3 is 3.00 bits per heavy atom. The van der Waals surface area contributed by atoms with E-state index >= 15 is 0 Å². The van der Waals surface area contributed by atoms with Gasteiger partial charge in [-0.05, 0) is 6.07 Å². The molecule has 0 aliphatic carbocycles. The SMILES string of the molecule is NNC(=O)c1oc2ccccc2c1Cn1cncn1. The second kappa shape index (κ2) is 4.54. The molecular formula is C12H11N5O2. The molecule has 0 unspecified atom stereocenters. The number of nitrogens with one attached hydrogen (secondary N) is 1. The first-order chi connectivity index (χ1) is 9.29. The summed E-state index contributed by atoms with van der Waals surface area (Å²) in [7, 11) is 0. The summed E-state index contributed by atoms with van der Waals surface area (Å²) in [5.74, 6) is 4.90. The highest BCUT2D eigenvalue weighted by Gasteiger charge is 2.20. The van der Waals surface area contributed by atoms with Crippen molar-refractivity contribution in [2.45, 2.75) is 6.54 Å². The normalized spacial score (nSPS) is 10.8. The highest BCUT2D eigenvalue weighted by molar-refractivity contribution is 5.98. The summed E-state index contributed by atoms with van der Waals surface area (Å²) < 4.78 is 7.16. The number of nitrogen functional groups attached to an aromatic ring is 1. The average Bonchev–Trinajstić information content (AvgIpc) is 3.07. The molecule has 19 heavy (non-hydrogen) atoms. The minimum Gasteiger partial charge on any atom is -0.450 e. The molecule has 0 saturated heterocycles. The Morgan fingerprint density at radius 1 is 1.42 bits per heavy atom. The summed E-state index contributed by atoms with van der Waals surface area (Å²) in [6, 6.07) is 7.41. The molecule has 7 heteroatoms. The highest BCUT2D eigenvalue weighted by Crippen LogP contribution is 2.26. The first-order valence-electron chi connectivity index (χ1n) is 5.63. The Kier molecular flexibility index (Phi) is 2.73. The fourth-order valence-electron chi connectivity index (χ4n) is 1.98. The van der Waals surface area contributed by atoms with Crippen molar-refractivity contribution in [1.82, 2.24) is 20.2 Å². The molecule has 7 nitrogen and oxygen atoms in total. The first kappa shape index (κ1) is 11.4. The Balaban J connectivity index is 2.15. The maximum atomic E-state index is 11.8. The molecule has 2 heterocycles. The van der Waals surface area contributed by atoms with Crippen LogP contribution in [0.3, 0.4) is 0 Å². The van der Waals surface area contributed by atoms with Gasteiger partial charge in [0.05, 0.1) is 6.54 Å².